The van der Waals surface area contributed by atoms with E-state index in [-0.39, 0.29) is 5.25 Å². The number of hydrogen-bond donors (Lipinski definition) is 2. The third kappa shape index (κ3) is 2.55. The molecule has 2 aliphatic rings. The Hall–Kier alpha value is -0.620. The molecule has 0 aromatic heterocycles. The molecule has 92 valence electrons. The molecular formula is C10H17NO4S. The molecule has 2 saturated carbocycles. The lowest BCUT2D eigenvalue weighted by molar-refractivity contribution is -0.143. The van der Waals surface area contributed by atoms with Gasteiger partial charge in [-0.2, -0.15) is 0 Å². The Morgan fingerprint density at radius 3 is 2.31 bits per heavy atom. The molecule has 0 radical (unpaired) electrons. The summed E-state index contributed by atoms with van der Waals surface area (Å²) in [6, 6.07) is -0.406. The van der Waals surface area contributed by atoms with Crippen molar-refractivity contribution in [1.82, 2.24) is 4.72 Å². The van der Waals surface area contributed by atoms with Crippen LogP contribution in [0.4, 0.5) is 0 Å². The van der Waals surface area contributed by atoms with E-state index in [0.717, 1.165) is 12.8 Å². The summed E-state index contributed by atoms with van der Waals surface area (Å²) in [5.41, 5.74) is 0. The van der Waals surface area contributed by atoms with Crippen molar-refractivity contribution < 1.29 is 18.3 Å². The van der Waals surface area contributed by atoms with Crippen LogP contribution in [-0.4, -0.2) is 30.8 Å². The second kappa shape index (κ2) is 4.33. The van der Waals surface area contributed by atoms with E-state index >= 15 is 0 Å². The Morgan fingerprint density at radius 2 is 1.75 bits per heavy atom. The van der Waals surface area contributed by atoms with E-state index in [1.54, 1.807) is 0 Å². The van der Waals surface area contributed by atoms with Crippen molar-refractivity contribution in [3.05, 3.63) is 0 Å². The summed E-state index contributed by atoms with van der Waals surface area (Å²) in [5, 5.41) is 8.75. The molecule has 2 aliphatic carbocycles. The van der Waals surface area contributed by atoms with Gasteiger partial charge in [-0.1, -0.05) is 12.8 Å². The lowest BCUT2D eigenvalue weighted by Gasteiger charge is -2.28. The second-order valence-corrected chi connectivity index (χ2v) is 6.69. The van der Waals surface area contributed by atoms with E-state index in [0.29, 0.717) is 25.7 Å². The standard InChI is InChI=1S/C10H17NO4S/c12-10(13)8-3-1-2-4-9(8)11-16(14,15)7-5-6-7/h7-9,11H,1-6H2,(H,12,13). The fourth-order valence-corrected chi connectivity index (χ4v) is 3.91. The van der Waals surface area contributed by atoms with Crippen molar-refractivity contribution in [2.24, 2.45) is 5.92 Å². The number of carboxylic acids is 1. The van der Waals surface area contributed by atoms with Crippen molar-refractivity contribution in [3.8, 4) is 0 Å². The first kappa shape index (κ1) is 11.9. The smallest absolute Gasteiger partial charge is 0.308 e. The predicted molar refractivity (Wildman–Crippen MR) is 58.5 cm³/mol. The van der Waals surface area contributed by atoms with Gasteiger partial charge in [0.2, 0.25) is 10.0 Å². The molecule has 5 nitrogen and oxygen atoms in total. The van der Waals surface area contributed by atoms with Gasteiger partial charge >= 0.3 is 5.97 Å². The topological polar surface area (TPSA) is 83.5 Å². The molecule has 2 fully saturated rings. The molecule has 2 rings (SSSR count). The minimum absolute atomic E-state index is 0.274. The number of carboxylic acid groups (broad SMARTS) is 1. The first-order chi connectivity index (χ1) is 7.50. The van der Waals surface area contributed by atoms with Gasteiger partial charge in [0.15, 0.2) is 0 Å². The van der Waals surface area contributed by atoms with Crippen LogP contribution in [0.2, 0.25) is 0 Å². The lowest BCUT2D eigenvalue weighted by atomic mass is 9.85. The van der Waals surface area contributed by atoms with Gasteiger partial charge in [-0.25, -0.2) is 13.1 Å². The van der Waals surface area contributed by atoms with Crippen LogP contribution in [0.3, 0.4) is 0 Å². The Balaban J connectivity index is 2.03. The van der Waals surface area contributed by atoms with Crippen LogP contribution in [0.1, 0.15) is 38.5 Å². The molecular weight excluding hydrogens is 230 g/mol. The fraction of sp³-hybridized carbons (Fsp3) is 0.900. The van der Waals surface area contributed by atoms with E-state index in [4.69, 9.17) is 5.11 Å². The van der Waals surface area contributed by atoms with Crippen molar-refractivity contribution >= 4 is 16.0 Å². The van der Waals surface area contributed by atoms with E-state index in [1.807, 2.05) is 0 Å². The zero-order valence-corrected chi connectivity index (χ0v) is 9.87. The number of aliphatic carboxylic acids is 1. The maximum absolute atomic E-state index is 11.7. The molecule has 0 spiro atoms. The highest BCUT2D eigenvalue weighted by Gasteiger charge is 2.40. The molecule has 0 heterocycles. The van der Waals surface area contributed by atoms with E-state index in [1.165, 1.54) is 0 Å². The largest absolute Gasteiger partial charge is 0.481 e. The maximum Gasteiger partial charge on any atom is 0.308 e. The molecule has 0 aromatic carbocycles. The van der Waals surface area contributed by atoms with Crippen molar-refractivity contribution in [1.29, 1.82) is 0 Å². The first-order valence-electron chi connectivity index (χ1n) is 5.74. The summed E-state index contributed by atoms with van der Waals surface area (Å²) < 4.78 is 26.0. The molecule has 0 amide bonds. The van der Waals surface area contributed by atoms with E-state index in [9.17, 15) is 13.2 Å². The average molecular weight is 247 g/mol. The lowest BCUT2D eigenvalue weighted by Crippen LogP contribution is -2.46. The number of sulfonamides is 1. The molecule has 16 heavy (non-hydrogen) atoms. The minimum Gasteiger partial charge on any atom is -0.481 e. The van der Waals surface area contributed by atoms with E-state index < -0.39 is 28.0 Å². The summed E-state index contributed by atoms with van der Waals surface area (Å²) in [6.45, 7) is 0. The molecule has 0 aromatic rings. The Labute approximate surface area is 95.3 Å². The first-order valence-corrected chi connectivity index (χ1v) is 7.29. The number of nitrogens with one attached hydrogen (secondary N) is 1. The summed E-state index contributed by atoms with van der Waals surface area (Å²) in [6.07, 6.45) is 4.41. The van der Waals surface area contributed by atoms with Crippen LogP contribution in [0.15, 0.2) is 0 Å². The van der Waals surface area contributed by atoms with Gasteiger partial charge in [0.1, 0.15) is 0 Å². The zero-order valence-electron chi connectivity index (χ0n) is 9.05. The van der Waals surface area contributed by atoms with Gasteiger partial charge in [0, 0.05) is 6.04 Å². The second-order valence-electron chi connectivity index (χ2n) is 4.70. The molecule has 6 heteroatoms. The van der Waals surface area contributed by atoms with Crippen molar-refractivity contribution in [2.75, 3.05) is 0 Å². The van der Waals surface area contributed by atoms with E-state index in [2.05, 4.69) is 4.72 Å². The number of rotatable bonds is 4. The highest BCUT2D eigenvalue weighted by Crippen LogP contribution is 2.30. The number of hydrogen-bond acceptors (Lipinski definition) is 3. The highest BCUT2D eigenvalue weighted by molar-refractivity contribution is 7.90. The van der Waals surface area contributed by atoms with Gasteiger partial charge in [-0.05, 0) is 25.7 Å². The highest BCUT2D eigenvalue weighted by atomic mass is 32.2. The van der Waals surface area contributed by atoms with Gasteiger partial charge in [-0.3, -0.25) is 4.79 Å². The van der Waals surface area contributed by atoms with Gasteiger partial charge < -0.3 is 5.11 Å². The van der Waals surface area contributed by atoms with Gasteiger partial charge in [0.25, 0.3) is 0 Å². The third-order valence-corrected chi connectivity index (χ3v) is 5.34. The fourth-order valence-electron chi connectivity index (χ4n) is 2.25. The monoisotopic (exact) mass is 247 g/mol. The van der Waals surface area contributed by atoms with Crippen LogP contribution < -0.4 is 4.72 Å². The van der Waals surface area contributed by atoms with Crippen molar-refractivity contribution in [3.63, 3.8) is 0 Å². The van der Waals surface area contributed by atoms with Crippen molar-refractivity contribution in [2.45, 2.75) is 49.8 Å². The Kier molecular flexibility index (Phi) is 3.21. The molecule has 2 unspecified atom stereocenters. The van der Waals surface area contributed by atoms with Crippen LogP contribution >= 0.6 is 0 Å². The summed E-state index contributed by atoms with van der Waals surface area (Å²) in [7, 11) is -3.27. The maximum atomic E-state index is 11.7. The zero-order chi connectivity index (χ0) is 11.8. The van der Waals surface area contributed by atoms with Crippen LogP contribution in [0.5, 0.6) is 0 Å². The predicted octanol–water partition coefficient (Wildman–Crippen LogP) is 0.712. The third-order valence-electron chi connectivity index (χ3n) is 3.36. The average Bonchev–Trinajstić information content (AvgIpc) is 3.00. The molecule has 2 N–H and O–H groups in total. The van der Waals surface area contributed by atoms with Crippen LogP contribution in [-0.2, 0) is 14.8 Å². The summed E-state index contributed by atoms with van der Waals surface area (Å²) >= 11 is 0. The Bertz CT molecular complexity index is 374. The molecule has 0 aliphatic heterocycles. The SMILES string of the molecule is O=C(O)C1CCCCC1NS(=O)(=O)C1CC1. The normalized spacial score (nSPS) is 31.2. The summed E-state index contributed by atoms with van der Waals surface area (Å²) in [5.74, 6) is -1.44. The minimum atomic E-state index is -3.27. The quantitative estimate of drug-likeness (QED) is 0.766. The Morgan fingerprint density at radius 1 is 1.12 bits per heavy atom. The van der Waals surface area contributed by atoms with Crippen LogP contribution in [0.25, 0.3) is 0 Å². The molecule has 0 saturated heterocycles. The van der Waals surface area contributed by atoms with Gasteiger partial charge in [0.05, 0.1) is 11.2 Å². The number of carbonyl (C=O) groups is 1. The molecule has 0 bridgehead atoms. The molecule has 2 atom stereocenters. The summed E-state index contributed by atoms with van der Waals surface area (Å²) in [4.78, 5) is 11.0. The van der Waals surface area contributed by atoms with Gasteiger partial charge in [-0.15, -0.1) is 0 Å². The van der Waals surface area contributed by atoms with Crippen LogP contribution in [0, 0.1) is 5.92 Å².